The molecule has 0 N–H and O–H groups in total. The Balaban J connectivity index is 2.65. The summed E-state index contributed by atoms with van der Waals surface area (Å²) in [4.78, 5) is 10.2. The molecule has 0 aromatic carbocycles. The molecule has 2 nitrogen and oxygen atoms in total. The molecular weight excluding hydrogens is 252 g/mol. The Morgan fingerprint density at radius 1 is 1.24 bits per heavy atom. The first-order valence-corrected chi connectivity index (χ1v) is 6.85. The summed E-state index contributed by atoms with van der Waals surface area (Å²) >= 11 is 7.88. The van der Waals surface area contributed by atoms with Crippen LogP contribution >= 0.6 is 22.9 Å². The molecule has 0 radical (unpaired) electrons. The van der Waals surface area contributed by atoms with Gasteiger partial charge < -0.3 is 0 Å². The molecule has 0 saturated heterocycles. The first-order chi connectivity index (χ1) is 8.00. The van der Waals surface area contributed by atoms with Crippen molar-refractivity contribution in [2.75, 3.05) is 0 Å². The maximum Gasteiger partial charge on any atom is 0.136 e. The lowest BCUT2D eigenvalue weighted by molar-refractivity contribution is 0.773. The number of hydrogen-bond donors (Lipinski definition) is 0. The first-order valence-electron chi connectivity index (χ1n) is 5.59. The Bertz CT molecular complexity index is 546. The first kappa shape index (κ1) is 12.5. The molecule has 0 saturated carbocycles. The van der Waals surface area contributed by atoms with Gasteiger partial charge in [-0.25, -0.2) is 9.97 Å². The van der Waals surface area contributed by atoms with Gasteiger partial charge in [-0.05, 0) is 30.9 Å². The van der Waals surface area contributed by atoms with Crippen molar-refractivity contribution in [1.82, 2.24) is 9.97 Å². The molecule has 0 aliphatic rings. The van der Waals surface area contributed by atoms with E-state index in [1.54, 1.807) is 11.3 Å². The van der Waals surface area contributed by atoms with Crippen LogP contribution < -0.4 is 0 Å². The molecule has 2 heterocycles. The highest BCUT2D eigenvalue weighted by Crippen LogP contribution is 2.33. The Kier molecular flexibility index (Phi) is 3.50. The lowest BCUT2D eigenvalue weighted by Crippen LogP contribution is -2.02. The quantitative estimate of drug-likeness (QED) is 0.743. The van der Waals surface area contributed by atoms with E-state index < -0.39 is 0 Å². The van der Waals surface area contributed by atoms with Crippen molar-refractivity contribution in [3.63, 3.8) is 0 Å². The van der Waals surface area contributed by atoms with Crippen LogP contribution in [0.4, 0.5) is 0 Å². The Labute approximate surface area is 111 Å². The van der Waals surface area contributed by atoms with Crippen LogP contribution in [0.15, 0.2) is 11.4 Å². The highest BCUT2D eigenvalue weighted by atomic mass is 35.5. The second kappa shape index (κ2) is 4.75. The SMILES string of the molecule is Cc1ccsc1-c1nc(C(C)C)nc(Cl)c1C. The van der Waals surface area contributed by atoms with Crippen molar-refractivity contribution in [1.29, 1.82) is 0 Å². The Morgan fingerprint density at radius 2 is 1.94 bits per heavy atom. The predicted octanol–water partition coefficient (Wildman–Crippen LogP) is 4.60. The number of hydrogen-bond acceptors (Lipinski definition) is 3. The van der Waals surface area contributed by atoms with Gasteiger partial charge in [0.15, 0.2) is 0 Å². The molecule has 2 aromatic heterocycles. The van der Waals surface area contributed by atoms with Crippen LogP contribution in [0.1, 0.15) is 36.7 Å². The number of aromatic nitrogens is 2. The molecule has 0 spiro atoms. The van der Waals surface area contributed by atoms with Crippen LogP contribution in [-0.2, 0) is 0 Å². The summed E-state index contributed by atoms with van der Waals surface area (Å²) in [6.07, 6.45) is 0. The van der Waals surface area contributed by atoms with Gasteiger partial charge in [0.1, 0.15) is 11.0 Å². The number of halogens is 1. The van der Waals surface area contributed by atoms with E-state index in [9.17, 15) is 0 Å². The van der Waals surface area contributed by atoms with Crippen molar-refractivity contribution in [3.8, 4) is 10.6 Å². The smallest absolute Gasteiger partial charge is 0.136 e. The molecule has 0 aliphatic heterocycles. The summed E-state index contributed by atoms with van der Waals surface area (Å²) in [5.74, 6) is 1.09. The molecule has 0 atom stereocenters. The predicted molar refractivity (Wildman–Crippen MR) is 73.9 cm³/mol. The fraction of sp³-hybridized carbons (Fsp3) is 0.385. The van der Waals surface area contributed by atoms with Gasteiger partial charge in [0.2, 0.25) is 0 Å². The monoisotopic (exact) mass is 266 g/mol. The molecule has 4 heteroatoms. The number of thiophene rings is 1. The Hall–Kier alpha value is -0.930. The van der Waals surface area contributed by atoms with E-state index in [0.717, 1.165) is 17.1 Å². The maximum atomic E-state index is 6.19. The lowest BCUT2D eigenvalue weighted by Gasteiger charge is -2.10. The minimum Gasteiger partial charge on any atom is -0.231 e. The number of aryl methyl sites for hydroxylation is 1. The second-order valence-electron chi connectivity index (χ2n) is 4.43. The molecular formula is C13H15ClN2S. The van der Waals surface area contributed by atoms with Gasteiger partial charge in [-0.1, -0.05) is 25.4 Å². The zero-order valence-corrected chi connectivity index (χ0v) is 12.0. The van der Waals surface area contributed by atoms with Gasteiger partial charge in [-0.15, -0.1) is 11.3 Å². The third-order valence-electron chi connectivity index (χ3n) is 2.70. The summed E-state index contributed by atoms with van der Waals surface area (Å²) in [6, 6.07) is 2.10. The average molecular weight is 267 g/mol. The van der Waals surface area contributed by atoms with Crippen LogP contribution in [0.2, 0.25) is 5.15 Å². The van der Waals surface area contributed by atoms with Crippen molar-refractivity contribution < 1.29 is 0 Å². The summed E-state index contributed by atoms with van der Waals surface area (Å²) in [7, 11) is 0. The summed E-state index contributed by atoms with van der Waals surface area (Å²) in [6.45, 7) is 8.22. The average Bonchev–Trinajstić information content (AvgIpc) is 2.68. The van der Waals surface area contributed by atoms with Crippen molar-refractivity contribution in [2.45, 2.75) is 33.6 Å². The van der Waals surface area contributed by atoms with E-state index in [-0.39, 0.29) is 5.92 Å². The highest BCUT2D eigenvalue weighted by molar-refractivity contribution is 7.13. The maximum absolute atomic E-state index is 6.19. The molecule has 2 rings (SSSR count). The summed E-state index contributed by atoms with van der Waals surface area (Å²) in [5, 5.41) is 2.64. The molecule has 0 amide bonds. The van der Waals surface area contributed by atoms with E-state index in [1.165, 1.54) is 10.4 Å². The summed E-state index contributed by atoms with van der Waals surface area (Å²) in [5.41, 5.74) is 3.17. The topological polar surface area (TPSA) is 25.8 Å². The second-order valence-corrected chi connectivity index (χ2v) is 5.71. The van der Waals surface area contributed by atoms with Crippen LogP contribution in [0.3, 0.4) is 0 Å². The highest BCUT2D eigenvalue weighted by Gasteiger charge is 2.15. The molecule has 17 heavy (non-hydrogen) atoms. The van der Waals surface area contributed by atoms with E-state index in [1.807, 2.05) is 6.92 Å². The third-order valence-corrected chi connectivity index (χ3v) is 4.09. The van der Waals surface area contributed by atoms with E-state index in [2.05, 4.69) is 42.2 Å². The van der Waals surface area contributed by atoms with Gasteiger partial charge in [0.05, 0.1) is 10.6 Å². The normalized spacial score (nSPS) is 11.2. The van der Waals surface area contributed by atoms with E-state index in [0.29, 0.717) is 5.15 Å². The third kappa shape index (κ3) is 2.35. The zero-order chi connectivity index (χ0) is 12.6. The number of nitrogens with zero attached hydrogens (tertiary/aromatic N) is 2. The molecule has 90 valence electrons. The molecule has 0 fully saturated rings. The molecule has 0 unspecified atom stereocenters. The Morgan fingerprint density at radius 3 is 2.47 bits per heavy atom. The standard InChI is InChI=1S/C13H15ClN2S/c1-7(2)13-15-10(9(4)12(14)16-13)11-8(3)5-6-17-11/h5-7H,1-4H3. The van der Waals surface area contributed by atoms with Gasteiger partial charge in [0.25, 0.3) is 0 Å². The molecule has 2 aromatic rings. The molecule has 0 bridgehead atoms. The van der Waals surface area contributed by atoms with Gasteiger partial charge >= 0.3 is 0 Å². The minimum atomic E-state index is 0.284. The van der Waals surface area contributed by atoms with Crippen LogP contribution in [-0.4, -0.2) is 9.97 Å². The number of rotatable bonds is 2. The lowest BCUT2D eigenvalue weighted by atomic mass is 10.1. The van der Waals surface area contributed by atoms with Crippen LogP contribution in [0.5, 0.6) is 0 Å². The largest absolute Gasteiger partial charge is 0.231 e. The summed E-state index contributed by atoms with van der Waals surface area (Å²) < 4.78 is 0. The van der Waals surface area contributed by atoms with Crippen LogP contribution in [0, 0.1) is 13.8 Å². The van der Waals surface area contributed by atoms with Gasteiger partial charge in [0, 0.05) is 11.5 Å². The van der Waals surface area contributed by atoms with E-state index >= 15 is 0 Å². The fourth-order valence-electron chi connectivity index (χ4n) is 1.60. The van der Waals surface area contributed by atoms with Crippen molar-refractivity contribution in [2.24, 2.45) is 0 Å². The van der Waals surface area contributed by atoms with Gasteiger partial charge in [-0.3, -0.25) is 0 Å². The van der Waals surface area contributed by atoms with Crippen molar-refractivity contribution >= 4 is 22.9 Å². The van der Waals surface area contributed by atoms with E-state index in [4.69, 9.17) is 11.6 Å². The van der Waals surface area contributed by atoms with Gasteiger partial charge in [-0.2, -0.15) is 0 Å². The fourth-order valence-corrected chi connectivity index (χ4v) is 2.75. The molecule has 0 aliphatic carbocycles. The minimum absolute atomic E-state index is 0.284. The van der Waals surface area contributed by atoms with Crippen LogP contribution in [0.25, 0.3) is 10.6 Å². The zero-order valence-electron chi connectivity index (χ0n) is 10.4. The van der Waals surface area contributed by atoms with Crippen molar-refractivity contribution in [3.05, 3.63) is 33.6 Å².